The minimum Gasteiger partial charge on any atom is -0.381 e. The van der Waals surface area contributed by atoms with Crippen LogP contribution < -0.4 is 16.6 Å². The molecule has 0 aliphatic heterocycles. The number of fused-ring (bicyclic) bond motifs is 2. The van der Waals surface area contributed by atoms with E-state index in [0.717, 1.165) is 5.39 Å². The first kappa shape index (κ1) is 18.3. The molecule has 0 bridgehead atoms. The Morgan fingerprint density at radius 3 is 2.90 bits per heavy atom. The number of benzene rings is 1. The van der Waals surface area contributed by atoms with Crippen LogP contribution in [-0.2, 0) is 7.05 Å². The first-order chi connectivity index (χ1) is 13.9. The van der Waals surface area contributed by atoms with E-state index in [1.54, 1.807) is 44.6 Å². The largest absolute Gasteiger partial charge is 0.381 e. The van der Waals surface area contributed by atoms with Gasteiger partial charge in [-0.2, -0.15) is 0 Å². The Kier molecular flexibility index (Phi) is 4.28. The van der Waals surface area contributed by atoms with Crippen molar-refractivity contribution in [3.63, 3.8) is 0 Å². The summed E-state index contributed by atoms with van der Waals surface area (Å²) in [5, 5.41) is 8.19. The number of pyridine rings is 1. The second-order valence-corrected chi connectivity index (χ2v) is 6.69. The molecule has 0 spiro atoms. The van der Waals surface area contributed by atoms with Gasteiger partial charge in [0, 0.05) is 30.7 Å². The van der Waals surface area contributed by atoms with Crippen LogP contribution in [0.1, 0.15) is 34.6 Å². The molecule has 1 aromatic carbocycles. The van der Waals surface area contributed by atoms with E-state index in [4.69, 9.17) is 12.2 Å². The minimum absolute atomic E-state index is 0.0828. The highest BCUT2D eigenvalue weighted by Gasteiger charge is 2.22. The van der Waals surface area contributed by atoms with Gasteiger partial charge in [0.25, 0.3) is 11.5 Å². The Morgan fingerprint density at radius 1 is 1.34 bits per heavy atom. The number of nitrogen functional groups attached to an aromatic ring is 1. The van der Waals surface area contributed by atoms with Gasteiger partial charge in [-0.15, -0.1) is 11.5 Å². The number of aromatic nitrogens is 4. The van der Waals surface area contributed by atoms with Crippen LogP contribution >= 0.6 is 0 Å². The van der Waals surface area contributed by atoms with Crippen LogP contribution in [0.25, 0.3) is 16.4 Å². The first-order valence-corrected chi connectivity index (χ1v) is 8.91. The molecule has 0 aliphatic carbocycles. The van der Waals surface area contributed by atoms with Gasteiger partial charge in [0.05, 0.1) is 11.4 Å². The molecule has 3 aromatic heterocycles. The number of terminal acetylenes is 1. The fourth-order valence-corrected chi connectivity index (χ4v) is 3.47. The third-order valence-electron chi connectivity index (χ3n) is 4.90. The van der Waals surface area contributed by atoms with Crippen LogP contribution in [0.2, 0.25) is 0 Å². The molecule has 0 fully saturated rings. The number of rotatable bonds is 3. The molecule has 4 aromatic rings. The Morgan fingerprint density at radius 2 is 2.14 bits per heavy atom. The molecule has 1 unspecified atom stereocenters. The maximum atomic E-state index is 12.9. The zero-order valence-corrected chi connectivity index (χ0v) is 15.9. The molecule has 0 aliphatic rings. The number of anilines is 1. The van der Waals surface area contributed by atoms with E-state index < -0.39 is 11.9 Å². The normalized spacial score (nSPS) is 12.0. The highest BCUT2D eigenvalue weighted by atomic mass is 16.2. The number of carbonyl (C=O) groups is 1. The van der Waals surface area contributed by atoms with Crippen LogP contribution in [0.15, 0.2) is 47.5 Å². The van der Waals surface area contributed by atoms with Crippen molar-refractivity contribution in [3.05, 3.63) is 69.9 Å². The lowest BCUT2D eigenvalue weighted by Gasteiger charge is -2.18. The van der Waals surface area contributed by atoms with Crippen molar-refractivity contribution in [1.82, 2.24) is 24.5 Å². The van der Waals surface area contributed by atoms with Crippen LogP contribution in [0.4, 0.5) is 5.82 Å². The van der Waals surface area contributed by atoms with Gasteiger partial charge in [-0.1, -0.05) is 18.1 Å². The summed E-state index contributed by atoms with van der Waals surface area (Å²) in [6, 6.07) is 8.42. The Labute approximate surface area is 166 Å². The van der Waals surface area contributed by atoms with Crippen molar-refractivity contribution in [2.45, 2.75) is 13.0 Å². The van der Waals surface area contributed by atoms with Crippen LogP contribution in [0.5, 0.6) is 0 Å². The Hall–Kier alpha value is -4.12. The average Bonchev–Trinajstić information content (AvgIpc) is 3.05. The SMILES string of the molecule is C#Cc1cccc2cc(C(C)NC(=O)c3c(N)nn4cccnc34)n(C)c(=O)c12. The summed E-state index contributed by atoms with van der Waals surface area (Å²) in [4.78, 5) is 30.0. The van der Waals surface area contributed by atoms with Crippen molar-refractivity contribution in [3.8, 4) is 12.3 Å². The maximum absolute atomic E-state index is 12.9. The lowest BCUT2D eigenvalue weighted by molar-refractivity contribution is 0.0941. The molecule has 8 heteroatoms. The molecule has 0 saturated heterocycles. The number of hydrogen-bond acceptors (Lipinski definition) is 5. The summed E-state index contributed by atoms with van der Waals surface area (Å²) in [5.41, 5.74) is 7.43. The molecule has 3 heterocycles. The van der Waals surface area contributed by atoms with Gasteiger partial charge >= 0.3 is 0 Å². The third-order valence-corrected chi connectivity index (χ3v) is 4.90. The van der Waals surface area contributed by atoms with Crippen LogP contribution in [0.3, 0.4) is 0 Å². The van der Waals surface area contributed by atoms with Gasteiger partial charge in [-0.3, -0.25) is 9.59 Å². The van der Waals surface area contributed by atoms with E-state index in [1.807, 2.05) is 12.1 Å². The molecule has 3 N–H and O–H groups in total. The molecular formula is C21H18N6O2. The standard InChI is InChI=1S/C21H18N6O2/c1-4-13-7-5-8-14-11-15(26(3)21(29)16(13)14)12(2)24-20(28)17-18(22)25-27-10-6-9-23-19(17)27/h1,5-12H,2-3H3,(H2,22,25)(H,24,28). The molecule has 0 radical (unpaired) electrons. The van der Waals surface area contributed by atoms with Crippen molar-refractivity contribution in [1.29, 1.82) is 0 Å². The van der Waals surface area contributed by atoms with Gasteiger partial charge in [0.15, 0.2) is 11.5 Å². The van der Waals surface area contributed by atoms with Crippen molar-refractivity contribution >= 4 is 28.1 Å². The second kappa shape index (κ2) is 6.80. The smallest absolute Gasteiger partial charge is 0.259 e. The fraction of sp³-hybridized carbons (Fsp3) is 0.143. The summed E-state index contributed by atoms with van der Waals surface area (Å²) < 4.78 is 2.94. The summed E-state index contributed by atoms with van der Waals surface area (Å²) in [5.74, 6) is 2.21. The summed E-state index contributed by atoms with van der Waals surface area (Å²) in [6.45, 7) is 1.79. The van der Waals surface area contributed by atoms with Gasteiger partial charge < -0.3 is 15.6 Å². The number of hydrogen-bond donors (Lipinski definition) is 2. The van der Waals surface area contributed by atoms with E-state index in [0.29, 0.717) is 22.3 Å². The molecule has 29 heavy (non-hydrogen) atoms. The first-order valence-electron chi connectivity index (χ1n) is 8.91. The van der Waals surface area contributed by atoms with Gasteiger partial charge in [0.1, 0.15) is 5.56 Å². The number of nitrogens with one attached hydrogen (secondary N) is 1. The fourth-order valence-electron chi connectivity index (χ4n) is 3.47. The average molecular weight is 386 g/mol. The monoisotopic (exact) mass is 386 g/mol. The van der Waals surface area contributed by atoms with Gasteiger partial charge in [-0.05, 0) is 30.5 Å². The molecule has 1 atom stereocenters. The molecule has 4 rings (SSSR count). The van der Waals surface area contributed by atoms with Crippen LogP contribution in [-0.4, -0.2) is 25.1 Å². The molecule has 8 nitrogen and oxygen atoms in total. The zero-order valence-electron chi connectivity index (χ0n) is 15.9. The predicted octanol–water partition coefficient (Wildman–Crippen LogP) is 1.64. The third kappa shape index (κ3) is 2.89. The number of carbonyl (C=O) groups excluding carboxylic acids is 1. The maximum Gasteiger partial charge on any atom is 0.259 e. The highest BCUT2D eigenvalue weighted by Crippen LogP contribution is 2.21. The Balaban J connectivity index is 1.74. The van der Waals surface area contributed by atoms with Crippen molar-refractivity contribution < 1.29 is 4.79 Å². The van der Waals surface area contributed by atoms with Gasteiger partial charge in [0.2, 0.25) is 0 Å². The number of amides is 1. The summed E-state index contributed by atoms with van der Waals surface area (Å²) in [6.07, 6.45) is 8.76. The van der Waals surface area contributed by atoms with E-state index in [1.165, 1.54) is 9.08 Å². The van der Waals surface area contributed by atoms with Crippen molar-refractivity contribution in [2.75, 3.05) is 5.73 Å². The molecule has 0 saturated carbocycles. The van der Waals surface area contributed by atoms with Gasteiger partial charge in [-0.25, -0.2) is 9.50 Å². The van der Waals surface area contributed by atoms with E-state index >= 15 is 0 Å². The molecule has 1 amide bonds. The summed E-state index contributed by atoms with van der Waals surface area (Å²) in [7, 11) is 1.65. The predicted molar refractivity (Wildman–Crippen MR) is 110 cm³/mol. The molecular weight excluding hydrogens is 368 g/mol. The van der Waals surface area contributed by atoms with Crippen LogP contribution in [0, 0.1) is 12.3 Å². The highest BCUT2D eigenvalue weighted by molar-refractivity contribution is 6.04. The lowest BCUT2D eigenvalue weighted by atomic mass is 10.0. The van der Waals surface area contributed by atoms with E-state index in [9.17, 15) is 9.59 Å². The number of nitrogens with two attached hydrogens (primary N) is 1. The Bertz CT molecular complexity index is 1380. The topological polar surface area (TPSA) is 107 Å². The minimum atomic E-state index is -0.475. The zero-order chi connectivity index (χ0) is 20.7. The van der Waals surface area contributed by atoms with Crippen molar-refractivity contribution in [2.24, 2.45) is 7.05 Å². The lowest BCUT2D eigenvalue weighted by Crippen LogP contribution is -2.32. The molecule has 144 valence electrons. The number of nitrogens with zero attached hydrogens (tertiary/aromatic N) is 4. The summed E-state index contributed by atoms with van der Waals surface area (Å²) >= 11 is 0. The van der Waals surface area contributed by atoms with E-state index in [2.05, 4.69) is 21.3 Å². The quantitative estimate of drug-likeness (QED) is 0.521. The van der Waals surface area contributed by atoms with E-state index in [-0.39, 0.29) is 16.9 Å². The second-order valence-electron chi connectivity index (χ2n) is 6.69.